The van der Waals surface area contributed by atoms with Gasteiger partial charge in [-0.15, -0.1) is 11.3 Å². The van der Waals surface area contributed by atoms with Crippen molar-refractivity contribution in [3.8, 4) is 11.3 Å². The van der Waals surface area contributed by atoms with Crippen LogP contribution in [0.4, 0.5) is 18.3 Å². The van der Waals surface area contributed by atoms with Crippen molar-refractivity contribution in [3.63, 3.8) is 0 Å². The highest BCUT2D eigenvalue weighted by molar-refractivity contribution is 7.92. The van der Waals surface area contributed by atoms with Crippen molar-refractivity contribution in [3.05, 3.63) is 65.0 Å². The second kappa shape index (κ2) is 8.27. The number of thiazole rings is 1. The third-order valence-corrected chi connectivity index (χ3v) is 8.78. The Balaban J connectivity index is 1.50. The van der Waals surface area contributed by atoms with Gasteiger partial charge in [0.15, 0.2) is 15.0 Å². The molecule has 2 aromatic carbocycles. The molecule has 164 valence electrons. The molecule has 31 heavy (non-hydrogen) atoms. The number of benzene rings is 2. The Hall–Kier alpha value is -2.39. The molecule has 0 bridgehead atoms. The zero-order valence-corrected chi connectivity index (χ0v) is 18.4. The van der Waals surface area contributed by atoms with E-state index < -0.39 is 31.7 Å². The maximum Gasteiger partial charge on any atom is 0.417 e. The standard InChI is InChI=1S/C22H21F3N2O2S2/c1-15-6-2-3-7-17(15)19-14-30-21(26-19)27-12-10-16(11-13-27)31(28,29)20-9-5-4-8-18(20)22(23,24)25/h2-9,14,16H,10-13H2,1H3. The van der Waals surface area contributed by atoms with E-state index in [1.807, 2.05) is 41.5 Å². The van der Waals surface area contributed by atoms with E-state index in [1.54, 1.807) is 0 Å². The summed E-state index contributed by atoms with van der Waals surface area (Å²) in [6, 6.07) is 12.4. The van der Waals surface area contributed by atoms with Gasteiger partial charge in [-0.3, -0.25) is 0 Å². The van der Waals surface area contributed by atoms with Gasteiger partial charge >= 0.3 is 6.18 Å². The van der Waals surface area contributed by atoms with Crippen LogP contribution < -0.4 is 4.90 Å². The van der Waals surface area contributed by atoms with Gasteiger partial charge in [-0.05, 0) is 37.5 Å². The largest absolute Gasteiger partial charge is 0.417 e. The summed E-state index contributed by atoms with van der Waals surface area (Å²) in [5, 5.41) is 1.92. The number of hydrogen-bond donors (Lipinski definition) is 0. The number of halogens is 3. The quantitative estimate of drug-likeness (QED) is 0.504. The van der Waals surface area contributed by atoms with E-state index in [2.05, 4.69) is 0 Å². The highest BCUT2D eigenvalue weighted by atomic mass is 32.2. The molecule has 0 N–H and O–H groups in total. The number of nitrogens with zero attached hydrogens (tertiary/aromatic N) is 2. The molecule has 1 fully saturated rings. The Morgan fingerprint density at radius 3 is 2.35 bits per heavy atom. The molecule has 3 aromatic rings. The fourth-order valence-corrected chi connectivity index (χ4v) is 6.71. The van der Waals surface area contributed by atoms with E-state index in [4.69, 9.17) is 4.98 Å². The van der Waals surface area contributed by atoms with Gasteiger partial charge in [0.05, 0.1) is 21.4 Å². The van der Waals surface area contributed by atoms with E-state index in [-0.39, 0.29) is 12.8 Å². The number of aryl methyl sites for hydroxylation is 1. The first-order valence-electron chi connectivity index (χ1n) is 9.84. The van der Waals surface area contributed by atoms with Crippen LogP contribution in [0.1, 0.15) is 24.0 Å². The van der Waals surface area contributed by atoms with Crippen LogP contribution in [0.3, 0.4) is 0 Å². The minimum absolute atomic E-state index is 0.258. The lowest BCUT2D eigenvalue weighted by Crippen LogP contribution is -2.39. The lowest BCUT2D eigenvalue weighted by Gasteiger charge is -2.31. The van der Waals surface area contributed by atoms with E-state index in [1.165, 1.54) is 23.5 Å². The molecule has 0 aliphatic carbocycles. The van der Waals surface area contributed by atoms with Crippen LogP contribution in [0, 0.1) is 6.92 Å². The fourth-order valence-electron chi connectivity index (χ4n) is 3.88. The SMILES string of the molecule is Cc1ccccc1-c1csc(N2CCC(S(=O)(=O)c3ccccc3C(F)(F)F)CC2)n1. The number of sulfone groups is 1. The molecule has 1 aliphatic heterocycles. The number of anilines is 1. The van der Waals surface area contributed by atoms with Gasteiger partial charge in [-0.2, -0.15) is 13.2 Å². The number of rotatable bonds is 4. The smallest absolute Gasteiger partial charge is 0.348 e. The van der Waals surface area contributed by atoms with Gasteiger partial charge in [0.1, 0.15) is 0 Å². The van der Waals surface area contributed by atoms with Gasteiger partial charge in [0.2, 0.25) is 0 Å². The highest BCUT2D eigenvalue weighted by Crippen LogP contribution is 2.37. The van der Waals surface area contributed by atoms with Crippen LogP contribution in [0.25, 0.3) is 11.3 Å². The van der Waals surface area contributed by atoms with Crippen LogP contribution in [-0.2, 0) is 16.0 Å². The minimum atomic E-state index is -4.71. The third kappa shape index (κ3) is 4.34. The van der Waals surface area contributed by atoms with Crippen LogP contribution in [0.15, 0.2) is 58.8 Å². The van der Waals surface area contributed by atoms with Crippen molar-refractivity contribution in [1.82, 2.24) is 4.98 Å². The molecule has 0 spiro atoms. The molecule has 4 nitrogen and oxygen atoms in total. The Morgan fingerprint density at radius 2 is 1.68 bits per heavy atom. The molecule has 0 atom stereocenters. The Labute approximate surface area is 183 Å². The molecule has 1 saturated heterocycles. The first-order valence-corrected chi connectivity index (χ1v) is 12.3. The average Bonchev–Trinajstić information content (AvgIpc) is 3.23. The van der Waals surface area contributed by atoms with E-state index >= 15 is 0 Å². The van der Waals surface area contributed by atoms with Crippen LogP contribution in [-0.4, -0.2) is 31.7 Å². The summed E-state index contributed by atoms with van der Waals surface area (Å²) in [7, 11) is -4.09. The second-order valence-electron chi connectivity index (χ2n) is 7.56. The maximum absolute atomic E-state index is 13.3. The van der Waals surface area contributed by atoms with Crippen molar-refractivity contribution < 1.29 is 21.6 Å². The van der Waals surface area contributed by atoms with Gasteiger partial charge in [0, 0.05) is 24.0 Å². The Bertz CT molecular complexity index is 1180. The number of alkyl halides is 3. The number of hydrogen-bond acceptors (Lipinski definition) is 5. The van der Waals surface area contributed by atoms with Crippen molar-refractivity contribution in [2.24, 2.45) is 0 Å². The molecule has 0 amide bonds. The van der Waals surface area contributed by atoms with Crippen LogP contribution in [0.2, 0.25) is 0 Å². The topological polar surface area (TPSA) is 50.3 Å². The molecule has 0 saturated carbocycles. The van der Waals surface area contributed by atoms with Gasteiger partial charge < -0.3 is 4.90 Å². The molecular formula is C22H21F3N2O2S2. The molecular weight excluding hydrogens is 445 g/mol. The van der Waals surface area contributed by atoms with Gasteiger partial charge in [-0.25, -0.2) is 13.4 Å². The van der Waals surface area contributed by atoms with Crippen molar-refractivity contribution in [2.45, 2.75) is 36.1 Å². The normalized spacial score (nSPS) is 15.9. The second-order valence-corrected chi connectivity index (χ2v) is 10.6. The molecule has 1 aromatic heterocycles. The summed E-state index contributed by atoms with van der Waals surface area (Å²) in [4.78, 5) is 6.08. The summed E-state index contributed by atoms with van der Waals surface area (Å²) in [6.45, 7) is 2.88. The van der Waals surface area contributed by atoms with Crippen LogP contribution >= 0.6 is 11.3 Å². The predicted octanol–water partition coefficient (Wildman–Crippen LogP) is 5.58. The monoisotopic (exact) mass is 466 g/mol. The van der Waals surface area contributed by atoms with E-state index in [0.29, 0.717) is 13.1 Å². The highest BCUT2D eigenvalue weighted by Gasteiger charge is 2.40. The predicted molar refractivity (Wildman–Crippen MR) is 116 cm³/mol. The van der Waals surface area contributed by atoms with E-state index in [9.17, 15) is 21.6 Å². The molecule has 9 heteroatoms. The Morgan fingerprint density at radius 1 is 1.03 bits per heavy atom. The zero-order chi connectivity index (χ0) is 22.2. The lowest BCUT2D eigenvalue weighted by atomic mass is 10.1. The summed E-state index contributed by atoms with van der Waals surface area (Å²) >= 11 is 1.49. The molecule has 0 unspecified atom stereocenters. The fraction of sp³-hybridized carbons (Fsp3) is 0.318. The van der Waals surface area contributed by atoms with Gasteiger partial charge in [0.25, 0.3) is 0 Å². The van der Waals surface area contributed by atoms with Gasteiger partial charge in [-0.1, -0.05) is 36.4 Å². The Kier molecular flexibility index (Phi) is 5.83. The zero-order valence-electron chi connectivity index (χ0n) is 16.8. The summed E-state index contributed by atoms with van der Waals surface area (Å²) in [5.74, 6) is 0. The first kappa shape index (κ1) is 21.8. The molecule has 4 rings (SSSR count). The average molecular weight is 467 g/mol. The summed E-state index contributed by atoms with van der Waals surface area (Å²) < 4.78 is 65.9. The third-order valence-electron chi connectivity index (χ3n) is 5.56. The van der Waals surface area contributed by atoms with Crippen molar-refractivity contribution in [1.29, 1.82) is 0 Å². The van der Waals surface area contributed by atoms with Crippen molar-refractivity contribution in [2.75, 3.05) is 18.0 Å². The lowest BCUT2D eigenvalue weighted by molar-refractivity contribution is -0.139. The molecule has 0 radical (unpaired) electrons. The first-order chi connectivity index (χ1) is 14.7. The summed E-state index contributed by atoms with van der Waals surface area (Å²) in [5.41, 5.74) is 1.94. The maximum atomic E-state index is 13.3. The molecule has 2 heterocycles. The number of aromatic nitrogens is 1. The number of piperidine rings is 1. The van der Waals surface area contributed by atoms with Crippen LogP contribution in [0.5, 0.6) is 0 Å². The van der Waals surface area contributed by atoms with E-state index in [0.717, 1.165) is 34.1 Å². The summed E-state index contributed by atoms with van der Waals surface area (Å²) in [6.07, 6.45) is -4.20. The van der Waals surface area contributed by atoms with Crippen molar-refractivity contribution >= 4 is 26.3 Å². The molecule has 1 aliphatic rings. The minimum Gasteiger partial charge on any atom is -0.348 e.